The highest BCUT2D eigenvalue weighted by atomic mass is 16.1. The number of rotatable bonds is 1. The van der Waals surface area contributed by atoms with Crippen LogP contribution in [0.5, 0.6) is 0 Å². The van der Waals surface area contributed by atoms with Crippen LogP contribution in [0, 0.1) is 0 Å². The second-order valence-electron chi connectivity index (χ2n) is 1.81. The molecular weight excluding hydrogens is 104 g/mol. The normalized spacial score (nSPS) is 29.8. The molecule has 0 aromatic heterocycles. The van der Waals surface area contributed by atoms with Crippen molar-refractivity contribution >= 4 is 6.29 Å². The van der Waals surface area contributed by atoms with Crippen molar-refractivity contribution < 1.29 is 4.79 Å². The van der Waals surface area contributed by atoms with E-state index in [-0.39, 0.29) is 6.04 Å². The van der Waals surface area contributed by atoms with Gasteiger partial charge in [0.1, 0.15) is 6.29 Å². The van der Waals surface area contributed by atoms with Gasteiger partial charge in [0.05, 0.1) is 6.04 Å². The lowest BCUT2D eigenvalue weighted by Crippen LogP contribution is -2.44. The molecule has 0 spiro atoms. The maximum atomic E-state index is 10.0. The largest absolute Gasteiger partial charge is 0.313 e. The molecule has 45 valence electrons. The number of nitrogens with one attached hydrogen (secondary N) is 1. The van der Waals surface area contributed by atoms with E-state index in [1.165, 1.54) is 0 Å². The summed E-state index contributed by atoms with van der Waals surface area (Å²) in [6.45, 7) is 2.43. The molecule has 0 bridgehead atoms. The second kappa shape index (κ2) is 2.79. The number of piperazine rings is 1. The predicted molar refractivity (Wildman–Crippen MR) is 29.7 cm³/mol. The van der Waals surface area contributed by atoms with Gasteiger partial charge in [-0.25, -0.2) is 5.32 Å². The maximum Gasteiger partial charge on any atom is 0.139 e. The molecule has 1 saturated heterocycles. The molecule has 0 amide bonds. The van der Waals surface area contributed by atoms with Crippen molar-refractivity contribution in [1.82, 2.24) is 10.6 Å². The summed E-state index contributed by atoms with van der Waals surface area (Å²) in [5, 5.41) is 7.08. The maximum absolute atomic E-state index is 10.0. The van der Waals surface area contributed by atoms with E-state index in [1.54, 1.807) is 0 Å². The molecule has 1 atom stereocenters. The van der Waals surface area contributed by atoms with Crippen LogP contribution in [0.2, 0.25) is 0 Å². The summed E-state index contributed by atoms with van der Waals surface area (Å²) in [5.74, 6) is 0. The molecule has 1 radical (unpaired) electrons. The summed E-state index contributed by atoms with van der Waals surface area (Å²) in [7, 11) is 0. The van der Waals surface area contributed by atoms with Gasteiger partial charge in [-0.15, -0.1) is 0 Å². The molecular formula is C5H9N2O. The van der Waals surface area contributed by atoms with Gasteiger partial charge < -0.3 is 10.1 Å². The Labute approximate surface area is 48.5 Å². The molecule has 1 rings (SSSR count). The topological polar surface area (TPSA) is 43.2 Å². The third-order valence-electron chi connectivity index (χ3n) is 1.16. The van der Waals surface area contributed by atoms with Crippen LogP contribution in [0.4, 0.5) is 0 Å². The molecule has 0 saturated carbocycles. The Hall–Kier alpha value is -0.410. The quantitative estimate of drug-likeness (QED) is 0.432. The van der Waals surface area contributed by atoms with Gasteiger partial charge >= 0.3 is 0 Å². The molecule has 1 fully saturated rings. The highest BCUT2D eigenvalue weighted by Gasteiger charge is 2.10. The van der Waals surface area contributed by atoms with E-state index in [0.717, 1.165) is 25.9 Å². The van der Waals surface area contributed by atoms with E-state index in [0.29, 0.717) is 0 Å². The van der Waals surface area contributed by atoms with E-state index < -0.39 is 0 Å². The van der Waals surface area contributed by atoms with Crippen LogP contribution in [0.15, 0.2) is 0 Å². The van der Waals surface area contributed by atoms with E-state index in [9.17, 15) is 4.79 Å². The number of nitrogens with zero attached hydrogens (tertiary/aromatic N) is 1. The lowest BCUT2D eigenvalue weighted by atomic mass is 10.3. The van der Waals surface area contributed by atoms with Crippen LogP contribution in [0.25, 0.3) is 0 Å². The summed E-state index contributed by atoms with van der Waals surface area (Å²) < 4.78 is 0. The molecule has 3 nitrogen and oxygen atoms in total. The fourth-order valence-electron chi connectivity index (χ4n) is 0.715. The highest BCUT2D eigenvalue weighted by molar-refractivity contribution is 5.57. The van der Waals surface area contributed by atoms with Crippen LogP contribution in [0.1, 0.15) is 0 Å². The van der Waals surface area contributed by atoms with Gasteiger partial charge in [0, 0.05) is 19.6 Å². The summed E-state index contributed by atoms with van der Waals surface area (Å²) in [5.41, 5.74) is 0. The Morgan fingerprint density at radius 3 is 3.00 bits per heavy atom. The number of hydrogen-bond donors (Lipinski definition) is 1. The third-order valence-corrected chi connectivity index (χ3v) is 1.16. The number of aldehydes is 1. The fraction of sp³-hybridized carbons (Fsp3) is 0.800. The molecule has 1 aliphatic rings. The minimum atomic E-state index is -0.0799. The average molecular weight is 113 g/mol. The van der Waals surface area contributed by atoms with Crippen LogP contribution >= 0.6 is 0 Å². The molecule has 1 unspecified atom stereocenters. The molecule has 1 heterocycles. The van der Waals surface area contributed by atoms with E-state index in [2.05, 4.69) is 10.6 Å². The van der Waals surface area contributed by atoms with Gasteiger partial charge in [-0.2, -0.15) is 0 Å². The Morgan fingerprint density at radius 1 is 1.75 bits per heavy atom. The lowest BCUT2D eigenvalue weighted by Gasteiger charge is -2.16. The second-order valence-corrected chi connectivity index (χ2v) is 1.81. The molecule has 0 aromatic rings. The molecule has 3 heteroatoms. The zero-order chi connectivity index (χ0) is 5.82. The van der Waals surface area contributed by atoms with Gasteiger partial charge in [-0.1, -0.05) is 0 Å². The van der Waals surface area contributed by atoms with Crippen LogP contribution in [0.3, 0.4) is 0 Å². The van der Waals surface area contributed by atoms with Crippen LogP contribution in [-0.4, -0.2) is 32.0 Å². The molecule has 8 heavy (non-hydrogen) atoms. The number of hydrogen-bond acceptors (Lipinski definition) is 2. The smallest absolute Gasteiger partial charge is 0.139 e. The SMILES string of the molecule is O=CC1CNCC[N]1. The van der Waals surface area contributed by atoms with Crippen molar-refractivity contribution in [2.24, 2.45) is 0 Å². The molecule has 1 N–H and O–H groups in total. The predicted octanol–water partition coefficient (Wildman–Crippen LogP) is -1.24. The molecule has 1 aliphatic heterocycles. The highest BCUT2D eigenvalue weighted by Crippen LogP contribution is 1.82. The van der Waals surface area contributed by atoms with Crippen molar-refractivity contribution in [1.29, 1.82) is 0 Å². The van der Waals surface area contributed by atoms with Gasteiger partial charge in [-0.3, -0.25) is 0 Å². The van der Waals surface area contributed by atoms with Crippen molar-refractivity contribution in [3.63, 3.8) is 0 Å². The lowest BCUT2D eigenvalue weighted by molar-refractivity contribution is -0.109. The first-order chi connectivity index (χ1) is 3.93. The summed E-state index contributed by atoms with van der Waals surface area (Å²) in [6, 6.07) is -0.0799. The Bertz CT molecular complexity index is 78.5. The van der Waals surface area contributed by atoms with Gasteiger partial charge in [0.2, 0.25) is 0 Å². The van der Waals surface area contributed by atoms with Gasteiger partial charge in [-0.05, 0) is 0 Å². The van der Waals surface area contributed by atoms with E-state index in [4.69, 9.17) is 0 Å². The van der Waals surface area contributed by atoms with E-state index >= 15 is 0 Å². The molecule has 0 aromatic carbocycles. The summed E-state index contributed by atoms with van der Waals surface area (Å²) >= 11 is 0. The zero-order valence-corrected chi connectivity index (χ0v) is 4.63. The van der Waals surface area contributed by atoms with Gasteiger partial charge in [0.15, 0.2) is 0 Å². The van der Waals surface area contributed by atoms with Crippen molar-refractivity contribution in [3.05, 3.63) is 0 Å². The number of carbonyl (C=O) groups excluding carboxylic acids is 1. The van der Waals surface area contributed by atoms with Crippen molar-refractivity contribution in [2.45, 2.75) is 6.04 Å². The zero-order valence-electron chi connectivity index (χ0n) is 4.63. The van der Waals surface area contributed by atoms with Gasteiger partial charge in [0.25, 0.3) is 0 Å². The number of carbonyl (C=O) groups is 1. The fourth-order valence-corrected chi connectivity index (χ4v) is 0.715. The van der Waals surface area contributed by atoms with Crippen molar-refractivity contribution in [2.75, 3.05) is 19.6 Å². The Kier molecular flexibility index (Phi) is 2.00. The minimum absolute atomic E-state index is 0.0799. The summed E-state index contributed by atoms with van der Waals surface area (Å²) in [4.78, 5) is 10.0. The standard InChI is InChI=1S/C5H9N2O/c8-4-5-3-6-1-2-7-5/h4-6H,1-3H2. The van der Waals surface area contributed by atoms with Crippen molar-refractivity contribution in [3.8, 4) is 0 Å². The first-order valence-electron chi connectivity index (χ1n) is 2.76. The summed E-state index contributed by atoms with van der Waals surface area (Å²) in [6.07, 6.45) is 0.881. The third kappa shape index (κ3) is 1.28. The molecule has 0 aliphatic carbocycles. The monoisotopic (exact) mass is 113 g/mol. The van der Waals surface area contributed by atoms with Crippen LogP contribution in [-0.2, 0) is 4.79 Å². The first-order valence-corrected chi connectivity index (χ1v) is 2.76. The average Bonchev–Trinajstić information content (AvgIpc) is 1.90. The van der Waals surface area contributed by atoms with E-state index in [1.807, 2.05) is 0 Å². The Balaban J connectivity index is 2.22. The minimum Gasteiger partial charge on any atom is -0.313 e. The van der Waals surface area contributed by atoms with Crippen LogP contribution < -0.4 is 10.6 Å². The first kappa shape index (κ1) is 5.72. The Morgan fingerprint density at radius 2 is 2.62 bits per heavy atom.